The Kier molecular flexibility index (Phi) is 6.76. The molecule has 5 nitrogen and oxygen atoms in total. The molecule has 0 spiro atoms. The summed E-state index contributed by atoms with van der Waals surface area (Å²) in [6.45, 7) is 1.32. The number of nitrogens with zero attached hydrogens (tertiary/aromatic N) is 1. The molecule has 0 aromatic heterocycles. The molecule has 0 saturated carbocycles. The average Bonchev–Trinajstić information content (AvgIpc) is 2.73. The van der Waals surface area contributed by atoms with Crippen molar-refractivity contribution in [3.8, 4) is 0 Å². The molecule has 1 aliphatic heterocycles. The van der Waals surface area contributed by atoms with Gasteiger partial charge in [0.05, 0.1) is 24.0 Å². The van der Waals surface area contributed by atoms with Gasteiger partial charge in [0.1, 0.15) is 11.6 Å². The van der Waals surface area contributed by atoms with Crippen LogP contribution in [0.25, 0.3) is 0 Å². The highest BCUT2D eigenvalue weighted by Crippen LogP contribution is 2.29. The van der Waals surface area contributed by atoms with Crippen molar-refractivity contribution >= 4 is 15.7 Å². The lowest BCUT2D eigenvalue weighted by molar-refractivity contribution is -0.137. The standard InChI is InChI=1S/C21H21F2NO4S/c22-18-9-4-10-19(23)20(18)17(21(25)24-11-13-28-14-12-24)8-5-15-29(26,27)16-6-2-1-3-7-16/h1-7,9-10,15,17H,8,11-14H2/b15-5+. The summed E-state index contributed by atoms with van der Waals surface area (Å²) in [5, 5.41) is 0.973. The summed E-state index contributed by atoms with van der Waals surface area (Å²) in [5.41, 5.74) is -0.356. The Morgan fingerprint density at radius 3 is 2.28 bits per heavy atom. The molecular formula is C21H21F2NO4S. The highest BCUT2D eigenvalue weighted by molar-refractivity contribution is 7.94. The van der Waals surface area contributed by atoms with Crippen LogP contribution in [0.5, 0.6) is 0 Å². The molecule has 1 unspecified atom stereocenters. The number of hydrogen-bond acceptors (Lipinski definition) is 4. The smallest absolute Gasteiger partial charge is 0.230 e. The van der Waals surface area contributed by atoms with Crippen molar-refractivity contribution in [2.45, 2.75) is 17.2 Å². The lowest BCUT2D eigenvalue weighted by atomic mass is 9.93. The molecule has 1 saturated heterocycles. The molecule has 1 heterocycles. The summed E-state index contributed by atoms with van der Waals surface area (Å²) in [6, 6.07) is 11.2. The lowest BCUT2D eigenvalue weighted by Crippen LogP contribution is -2.43. The number of carbonyl (C=O) groups is 1. The van der Waals surface area contributed by atoms with Gasteiger partial charge in [-0.25, -0.2) is 17.2 Å². The van der Waals surface area contributed by atoms with Gasteiger partial charge in [-0.05, 0) is 30.7 Å². The Balaban J connectivity index is 1.88. The third kappa shape index (κ3) is 5.07. The fourth-order valence-corrected chi connectivity index (χ4v) is 4.26. The van der Waals surface area contributed by atoms with Crippen LogP contribution in [0, 0.1) is 11.6 Å². The predicted octanol–water partition coefficient (Wildman–Crippen LogP) is 3.28. The van der Waals surface area contributed by atoms with Gasteiger partial charge in [-0.1, -0.05) is 30.3 Å². The third-order valence-electron chi connectivity index (χ3n) is 4.69. The van der Waals surface area contributed by atoms with Crippen molar-refractivity contribution in [1.82, 2.24) is 4.90 Å². The fraction of sp³-hybridized carbons (Fsp3) is 0.286. The number of benzene rings is 2. The van der Waals surface area contributed by atoms with Crippen molar-refractivity contribution in [3.63, 3.8) is 0 Å². The van der Waals surface area contributed by atoms with E-state index in [0.717, 1.165) is 17.5 Å². The zero-order valence-electron chi connectivity index (χ0n) is 15.6. The summed E-state index contributed by atoms with van der Waals surface area (Å²) in [6.07, 6.45) is 1.12. The molecule has 0 N–H and O–H groups in total. The van der Waals surface area contributed by atoms with Crippen LogP contribution in [0.1, 0.15) is 17.9 Å². The molecule has 1 atom stereocenters. The summed E-state index contributed by atoms with van der Waals surface area (Å²) in [5.74, 6) is -3.30. The SMILES string of the molecule is O=C(C(C/C=C/S(=O)(=O)c1ccccc1)c1c(F)cccc1F)N1CCOCC1. The Labute approximate surface area is 168 Å². The molecule has 0 radical (unpaired) electrons. The Morgan fingerprint density at radius 2 is 1.66 bits per heavy atom. The fourth-order valence-electron chi connectivity index (χ4n) is 3.20. The average molecular weight is 421 g/mol. The minimum absolute atomic E-state index is 0.101. The van der Waals surface area contributed by atoms with Gasteiger partial charge in [0, 0.05) is 24.1 Å². The van der Waals surface area contributed by atoms with Crippen molar-refractivity contribution < 1.29 is 26.7 Å². The monoisotopic (exact) mass is 421 g/mol. The highest BCUT2D eigenvalue weighted by atomic mass is 32.2. The lowest BCUT2D eigenvalue weighted by Gasteiger charge is -2.30. The number of rotatable bonds is 6. The molecular weight excluding hydrogens is 400 g/mol. The number of allylic oxidation sites excluding steroid dienone is 1. The van der Waals surface area contributed by atoms with Crippen LogP contribution in [0.4, 0.5) is 8.78 Å². The van der Waals surface area contributed by atoms with Crippen molar-refractivity contribution in [3.05, 3.63) is 77.2 Å². The second-order valence-corrected chi connectivity index (χ2v) is 8.42. The van der Waals surface area contributed by atoms with Crippen LogP contribution in [0.2, 0.25) is 0 Å². The van der Waals surface area contributed by atoms with E-state index in [-0.39, 0.29) is 16.9 Å². The van der Waals surface area contributed by atoms with Crippen LogP contribution in [0.3, 0.4) is 0 Å². The first-order valence-corrected chi connectivity index (χ1v) is 10.7. The van der Waals surface area contributed by atoms with Crippen LogP contribution in [-0.2, 0) is 19.4 Å². The number of morpholine rings is 1. The highest BCUT2D eigenvalue weighted by Gasteiger charge is 2.30. The maximum Gasteiger partial charge on any atom is 0.230 e. The molecule has 2 aromatic carbocycles. The van der Waals surface area contributed by atoms with Gasteiger partial charge in [0.25, 0.3) is 0 Å². The van der Waals surface area contributed by atoms with Gasteiger partial charge in [-0.15, -0.1) is 0 Å². The second kappa shape index (κ2) is 9.28. The van der Waals surface area contributed by atoms with Crippen molar-refractivity contribution in [2.24, 2.45) is 0 Å². The number of ether oxygens (including phenoxy) is 1. The first-order chi connectivity index (χ1) is 13.9. The van der Waals surface area contributed by atoms with Gasteiger partial charge in [0.15, 0.2) is 9.84 Å². The van der Waals surface area contributed by atoms with E-state index in [1.807, 2.05) is 0 Å². The van der Waals surface area contributed by atoms with Crippen molar-refractivity contribution in [2.75, 3.05) is 26.3 Å². The number of hydrogen-bond donors (Lipinski definition) is 0. The molecule has 0 bridgehead atoms. The van der Waals surface area contributed by atoms with Gasteiger partial charge in [0.2, 0.25) is 5.91 Å². The van der Waals surface area contributed by atoms with Gasteiger partial charge in [-0.2, -0.15) is 0 Å². The van der Waals surface area contributed by atoms with Crippen LogP contribution in [-0.4, -0.2) is 45.5 Å². The zero-order valence-corrected chi connectivity index (χ0v) is 16.4. The summed E-state index contributed by atoms with van der Waals surface area (Å²) >= 11 is 0. The molecule has 1 aliphatic rings. The second-order valence-electron chi connectivity index (χ2n) is 6.59. The van der Waals surface area contributed by atoms with Crippen molar-refractivity contribution in [1.29, 1.82) is 0 Å². The third-order valence-corrected chi connectivity index (χ3v) is 6.17. The zero-order chi connectivity index (χ0) is 20.9. The first kappa shape index (κ1) is 21.1. The normalized spacial score (nSPS) is 16.1. The number of halogens is 2. The molecule has 3 rings (SSSR count). The van der Waals surface area contributed by atoms with E-state index < -0.39 is 33.3 Å². The largest absolute Gasteiger partial charge is 0.378 e. The Hall–Kier alpha value is -2.58. The molecule has 29 heavy (non-hydrogen) atoms. The minimum atomic E-state index is -3.72. The van der Waals surface area contributed by atoms with Crippen LogP contribution < -0.4 is 0 Å². The van der Waals surface area contributed by atoms with Gasteiger partial charge in [-0.3, -0.25) is 4.79 Å². The Bertz CT molecular complexity index is 967. The summed E-state index contributed by atoms with van der Waals surface area (Å²) < 4.78 is 58.8. The van der Waals surface area contributed by atoms with E-state index in [1.165, 1.54) is 29.2 Å². The predicted molar refractivity (Wildman–Crippen MR) is 104 cm³/mol. The quantitative estimate of drug-likeness (QED) is 0.718. The molecule has 1 amide bonds. The minimum Gasteiger partial charge on any atom is -0.378 e. The van der Waals surface area contributed by atoms with E-state index >= 15 is 0 Å². The molecule has 8 heteroatoms. The summed E-state index contributed by atoms with van der Waals surface area (Å²) in [7, 11) is -3.72. The summed E-state index contributed by atoms with van der Waals surface area (Å²) in [4.78, 5) is 14.6. The molecule has 1 fully saturated rings. The van der Waals surface area contributed by atoms with E-state index in [4.69, 9.17) is 4.74 Å². The van der Waals surface area contributed by atoms with E-state index in [0.29, 0.717) is 26.3 Å². The Morgan fingerprint density at radius 1 is 1.03 bits per heavy atom. The van der Waals surface area contributed by atoms with Crippen LogP contribution >= 0.6 is 0 Å². The topological polar surface area (TPSA) is 63.7 Å². The number of amides is 1. The maximum absolute atomic E-state index is 14.4. The van der Waals surface area contributed by atoms with E-state index in [9.17, 15) is 22.0 Å². The van der Waals surface area contributed by atoms with Crippen LogP contribution in [0.15, 0.2) is 64.9 Å². The first-order valence-electron chi connectivity index (χ1n) is 9.17. The molecule has 0 aliphatic carbocycles. The number of sulfone groups is 1. The molecule has 2 aromatic rings. The molecule has 154 valence electrons. The number of carbonyl (C=O) groups excluding carboxylic acids is 1. The van der Waals surface area contributed by atoms with Gasteiger partial charge < -0.3 is 9.64 Å². The van der Waals surface area contributed by atoms with E-state index in [2.05, 4.69) is 0 Å². The van der Waals surface area contributed by atoms with Gasteiger partial charge >= 0.3 is 0 Å². The maximum atomic E-state index is 14.4. The van der Waals surface area contributed by atoms with E-state index in [1.54, 1.807) is 18.2 Å².